The van der Waals surface area contributed by atoms with Crippen LogP contribution >= 0.6 is 0 Å². The van der Waals surface area contributed by atoms with E-state index in [1.807, 2.05) is 44.2 Å². The number of amides is 1. The molecule has 1 aromatic heterocycles. The second-order valence-electron chi connectivity index (χ2n) is 6.14. The molecule has 0 bridgehead atoms. The maximum Gasteiger partial charge on any atom is 0.229 e. The van der Waals surface area contributed by atoms with Crippen molar-refractivity contribution in [1.29, 1.82) is 0 Å². The first-order valence-electron chi connectivity index (χ1n) is 8.04. The summed E-state index contributed by atoms with van der Waals surface area (Å²) < 4.78 is 0. The molecule has 2 heterocycles. The summed E-state index contributed by atoms with van der Waals surface area (Å²) >= 11 is 0. The second kappa shape index (κ2) is 6.77. The van der Waals surface area contributed by atoms with Crippen LogP contribution in [0.5, 0.6) is 0 Å². The molecule has 23 heavy (non-hydrogen) atoms. The van der Waals surface area contributed by atoms with Crippen LogP contribution in [-0.2, 0) is 4.79 Å². The first-order valence-corrected chi connectivity index (χ1v) is 8.04. The highest BCUT2D eigenvalue weighted by Crippen LogP contribution is 2.22. The van der Waals surface area contributed by atoms with Gasteiger partial charge >= 0.3 is 0 Å². The van der Waals surface area contributed by atoms with Crippen molar-refractivity contribution in [2.24, 2.45) is 5.92 Å². The van der Waals surface area contributed by atoms with Gasteiger partial charge in [-0.2, -0.15) is 0 Å². The normalized spacial score (nSPS) is 17.8. The lowest BCUT2D eigenvalue weighted by Crippen LogP contribution is -2.41. The lowest BCUT2D eigenvalue weighted by molar-refractivity contribution is -0.120. The van der Waals surface area contributed by atoms with E-state index >= 15 is 0 Å². The lowest BCUT2D eigenvalue weighted by atomic mass is 9.97. The molecule has 3 rings (SSSR count). The molecule has 120 valence electrons. The molecule has 0 unspecified atom stereocenters. The molecule has 0 spiro atoms. The Bertz CT molecular complexity index is 684. The molecule has 0 aliphatic carbocycles. The van der Waals surface area contributed by atoms with Gasteiger partial charge in [0.25, 0.3) is 0 Å². The Labute approximate surface area is 136 Å². The number of nitrogens with zero attached hydrogens (tertiary/aromatic N) is 3. The van der Waals surface area contributed by atoms with Crippen molar-refractivity contribution in [1.82, 2.24) is 9.97 Å². The van der Waals surface area contributed by atoms with Gasteiger partial charge in [-0.15, -0.1) is 0 Å². The highest BCUT2D eigenvalue weighted by Gasteiger charge is 2.27. The fourth-order valence-corrected chi connectivity index (χ4v) is 2.84. The summed E-state index contributed by atoms with van der Waals surface area (Å²) in [6.07, 6.45) is 3.65. The van der Waals surface area contributed by atoms with Crippen LogP contribution in [0.4, 0.5) is 11.6 Å². The average molecular weight is 310 g/mol. The molecule has 2 aromatic rings. The van der Waals surface area contributed by atoms with E-state index < -0.39 is 0 Å². The minimum Gasteiger partial charge on any atom is -0.340 e. The number of benzene rings is 1. The fraction of sp³-hybridized carbons (Fsp3) is 0.389. The van der Waals surface area contributed by atoms with Crippen LogP contribution in [0.1, 0.15) is 24.1 Å². The monoisotopic (exact) mass is 310 g/mol. The number of piperidine rings is 1. The third-order valence-electron chi connectivity index (χ3n) is 4.18. The van der Waals surface area contributed by atoms with Gasteiger partial charge in [0, 0.05) is 30.7 Å². The van der Waals surface area contributed by atoms with Crippen molar-refractivity contribution < 1.29 is 4.79 Å². The Morgan fingerprint density at radius 1 is 1.22 bits per heavy atom. The molecule has 1 saturated heterocycles. The van der Waals surface area contributed by atoms with E-state index in [4.69, 9.17) is 0 Å². The van der Waals surface area contributed by atoms with Crippen LogP contribution in [-0.4, -0.2) is 29.0 Å². The van der Waals surface area contributed by atoms with E-state index in [2.05, 4.69) is 20.2 Å². The largest absolute Gasteiger partial charge is 0.340 e. The maximum atomic E-state index is 12.5. The molecule has 0 saturated carbocycles. The van der Waals surface area contributed by atoms with Gasteiger partial charge in [-0.3, -0.25) is 4.79 Å². The van der Waals surface area contributed by atoms with Gasteiger partial charge < -0.3 is 10.2 Å². The zero-order valence-corrected chi connectivity index (χ0v) is 13.6. The minimum atomic E-state index is -0.0332. The van der Waals surface area contributed by atoms with E-state index in [0.29, 0.717) is 6.54 Å². The summed E-state index contributed by atoms with van der Waals surface area (Å²) in [4.78, 5) is 23.4. The third-order valence-corrected chi connectivity index (χ3v) is 4.18. The highest BCUT2D eigenvalue weighted by atomic mass is 16.1. The Kier molecular flexibility index (Phi) is 4.55. The molecule has 0 radical (unpaired) electrons. The van der Waals surface area contributed by atoms with Gasteiger partial charge in [0.15, 0.2) is 0 Å². The van der Waals surface area contributed by atoms with Crippen LogP contribution in [0.2, 0.25) is 0 Å². The first-order chi connectivity index (χ1) is 11.1. The zero-order valence-electron chi connectivity index (χ0n) is 13.6. The molecular weight excluding hydrogens is 288 g/mol. The number of carbonyl (C=O) groups excluding carboxylic acids is 1. The van der Waals surface area contributed by atoms with E-state index in [1.54, 1.807) is 6.20 Å². The molecule has 1 aromatic carbocycles. The van der Waals surface area contributed by atoms with Crippen molar-refractivity contribution in [2.45, 2.75) is 26.7 Å². The van der Waals surface area contributed by atoms with Crippen LogP contribution in [0.15, 0.2) is 36.5 Å². The summed E-state index contributed by atoms with van der Waals surface area (Å²) in [5.74, 6) is 0.762. The molecule has 1 fully saturated rings. The van der Waals surface area contributed by atoms with E-state index in [0.717, 1.165) is 36.7 Å². The smallest absolute Gasteiger partial charge is 0.229 e. The number of aromatic nitrogens is 2. The van der Waals surface area contributed by atoms with Gasteiger partial charge in [-0.1, -0.05) is 17.7 Å². The Balaban J connectivity index is 1.65. The van der Waals surface area contributed by atoms with Crippen molar-refractivity contribution in [2.75, 3.05) is 23.3 Å². The molecular formula is C18H22N4O. The van der Waals surface area contributed by atoms with Crippen LogP contribution < -0.4 is 10.2 Å². The van der Waals surface area contributed by atoms with Gasteiger partial charge in [0.1, 0.15) is 0 Å². The highest BCUT2D eigenvalue weighted by molar-refractivity contribution is 5.93. The molecule has 1 aliphatic heterocycles. The van der Waals surface area contributed by atoms with Crippen LogP contribution in [0, 0.1) is 19.8 Å². The number of carbonyl (C=O) groups is 1. The van der Waals surface area contributed by atoms with Crippen LogP contribution in [0.25, 0.3) is 0 Å². The topological polar surface area (TPSA) is 58.1 Å². The summed E-state index contributed by atoms with van der Waals surface area (Å²) in [7, 11) is 0. The van der Waals surface area contributed by atoms with Crippen molar-refractivity contribution >= 4 is 17.5 Å². The quantitative estimate of drug-likeness (QED) is 0.947. The standard InChI is InChI=1S/C18H22N4O/c1-13-5-7-16(8-6-13)21-17(23)15-4-3-11-22(12-15)18-19-10-9-14(2)20-18/h5-10,15H,3-4,11-12H2,1-2H3,(H,21,23)/t15-/m0/s1. The molecule has 5 heteroatoms. The Hall–Kier alpha value is -2.43. The molecule has 1 aliphatic rings. The van der Waals surface area contributed by atoms with E-state index in [-0.39, 0.29) is 11.8 Å². The fourth-order valence-electron chi connectivity index (χ4n) is 2.84. The number of anilines is 2. The molecule has 1 atom stereocenters. The van der Waals surface area contributed by atoms with E-state index in [9.17, 15) is 4.79 Å². The van der Waals surface area contributed by atoms with E-state index in [1.165, 1.54) is 5.56 Å². The molecule has 1 amide bonds. The maximum absolute atomic E-state index is 12.5. The molecule has 5 nitrogen and oxygen atoms in total. The number of rotatable bonds is 3. The van der Waals surface area contributed by atoms with Gasteiger partial charge in [0.05, 0.1) is 5.92 Å². The second-order valence-corrected chi connectivity index (χ2v) is 6.14. The van der Waals surface area contributed by atoms with Gasteiger partial charge in [-0.25, -0.2) is 9.97 Å². The van der Waals surface area contributed by atoms with Gasteiger partial charge in [0.2, 0.25) is 11.9 Å². The first kappa shape index (κ1) is 15.5. The SMILES string of the molecule is Cc1ccc(NC(=O)[C@H]2CCCN(c3nccc(C)n3)C2)cc1. The zero-order chi connectivity index (χ0) is 16.2. The third kappa shape index (κ3) is 3.86. The number of aryl methyl sites for hydroxylation is 2. The summed E-state index contributed by atoms with van der Waals surface area (Å²) in [5.41, 5.74) is 2.98. The number of hydrogen-bond acceptors (Lipinski definition) is 4. The van der Waals surface area contributed by atoms with Gasteiger partial charge in [-0.05, 0) is 44.9 Å². The average Bonchev–Trinajstić information content (AvgIpc) is 2.57. The van der Waals surface area contributed by atoms with Crippen molar-refractivity contribution in [3.63, 3.8) is 0 Å². The summed E-state index contributed by atoms with van der Waals surface area (Å²) in [6.45, 7) is 5.56. The van der Waals surface area contributed by atoms with Crippen LogP contribution in [0.3, 0.4) is 0 Å². The Morgan fingerprint density at radius 3 is 2.74 bits per heavy atom. The predicted molar refractivity (Wildman–Crippen MR) is 91.5 cm³/mol. The molecule has 1 N–H and O–H groups in total. The predicted octanol–water partition coefficient (Wildman–Crippen LogP) is 2.95. The summed E-state index contributed by atoms with van der Waals surface area (Å²) in [6, 6.07) is 9.77. The lowest BCUT2D eigenvalue weighted by Gasteiger charge is -2.32. The number of nitrogens with one attached hydrogen (secondary N) is 1. The Morgan fingerprint density at radius 2 is 2.00 bits per heavy atom. The number of hydrogen-bond donors (Lipinski definition) is 1. The van der Waals surface area contributed by atoms with Crippen molar-refractivity contribution in [3.8, 4) is 0 Å². The van der Waals surface area contributed by atoms with Crippen molar-refractivity contribution in [3.05, 3.63) is 47.8 Å². The minimum absolute atomic E-state index is 0.0332. The summed E-state index contributed by atoms with van der Waals surface area (Å²) in [5, 5.41) is 3.02.